The Hall–Kier alpha value is -2.91. The molecule has 0 aliphatic carbocycles. The number of halogens is 2. The average molecular weight is 481 g/mol. The van der Waals surface area contributed by atoms with Gasteiger partial charge >= 0.3 is 11.7 Å². The third kappa shape index (κ3) is 4.41. The second-order valence-electron chi connectivity index (χ2n) is 5.93. The average Bonchev–Trinajstić information content (AvgIpc) is 2.69. The molecule has 0 bridgehead atoms. The van der Waals surface area contributed by atoms with Crippen molar-refractivity contribution in [2.75, 3.05) is 7.11 Å². The van der Waals surface area contributed by atoms with Crippen molar-refractivity contribution in [3.63, 3.8) is 0 Å². The molecule has 0 spiro atoms. The van der Waals surface area contributed by atoms with Crippen molar-refractivity contribution in [3.05, 3.63) is 72.3 Å². The highest BCUT2D eigenvalue weighted by molar-refractivity contribution is 9.10. The fourth-order valence-corrected chi connectivity index (χ4v) is 3.50. The summed E-state index contributed by atoms with van der Waals surface area (Å²) in [6, 6.07) is 9.79. The Bertz CT molecular complexity index is 1210. The van der Waals surface area contributed by atoms with Crippen LogP contribution in [0.3, 0.4) is 0 Å². The summed E-state index contributed by atoms with van der Waals surface area (Å²) in [6.45, 7) is 1.53. The van der Waals surface area contributed by atoms with Crippen LogP contribution >= 0.6 is 27.5 Å². The number of rotatable bonds is 5. The Morgan fingerprint density at radius 2 is 2.03 bits per heavy atom. The van der Waals surface area contributed by atoms with Crippen molar-refractivity contribution >= 4 is 50.6 Å². The number of fused-ring (bicyclic) bond motifs is 1. The topological polar surface area (TPSA) is 103 Å². The van der Waals surface area contributed by atoms with Crippen LogP contribution in [0.2, 0.25) is 5.02 Å². The summed E-state index contributed by atoms with van der Waals surface area (Å²) in [6.07, 6.45) is 0.457. The van der Waals surface area contributed by atoms with Gasteiger partial charge < -0.3 is 14.5 Å². The van der Waals surface area contributed by atoms with E-state index in [0.29, 0.717) is 20.9 Å². The van der Waals surface area contributed by atoms with E-state index in [0.717, 1.165) is 4.68 Å². The lowest BCUT2D eigenvalue weighted by Crippen LogP contribution is -2.32. The van der Waals surface area contributed by atoms with E-state index in [9.17, 15) is 14.4 Å². The number of hydrogen-bond acceptors (Lipinski definition) is 6. The monoisotopic (exact) mass is 479 g/mol. The third-order valence-corrected chi connectivity index (χ3v) is 4.82. The zero-order valence-corrected chi connectivity index (χ0v) is 17.7. The van der Waals surface area contributed by atoms with Gasteiger partial charge in [-0.05, 0) is 52.7 Å². The molecule has 150 valence electrons. The minimum absolute atomic E-state index is 0.205. The van der Waals surface area contributed by atoms with E-state index in [4.69, 9.17) is 16.3 Å². The molecule has 0 unspecified atom stereocenters. The number of hydrogen-bond donors (Lipinski definition) is 1. The molecule has 0 aliphatic heterocycles. The number of ether oxygens (including phenoxy) is 2. The van der Waals surface area contributed by atoms with Gasteiger partial charge in [0.15, 0.2) is 11.9 Å². The first kappa shape index (κ1) is 20.8. The van der Waals surface area contributed by atoms with Crippen molar-refractivity contribution in [1.82, 2.24) is 9.66 Å². The van der Waals surface area contributed by atoms with E-state index < -0.39 is 23.3 Å². The summed E-state index contributed by atoms with van der Waals surface area (Å²) in [7, 11) is 1.26. The molecular formula is C19H15BrClN3O5. The highest BCUT2D eigenvalue weighted by Crippen LogP contribution is 2.35. The van der Waals surface area contributed by atoms with E-state index >= 15 is 0 Å². The predicted molar refractivity (Wildman–Crippen MR) is 113 cm³/mol. The van der Waals surface area contributed by atoms with Gasteiger partial charge in [0.25, 0.3) is 5.56 Å². The summed E-state index contributed by atoms with van der Waals surface area (Å²) in [5.74, 6) is -0.295. The van der Waals surface area contributed by atoms with Gasteiger partial charge in [-0.3, -0.25) is 4.79 Å². The first-order chi connectivity index (χ1) is 13.8. The lowest BCUT2D eigenvalue weighted by Gasteiger charge is -2.15. The highest BCUT2D eigenvalue weighted by atomic mass is 79.9. The number of esters is 1. The zero-order chi connectivity index (χ0) is 21.1. The molecule has 3 rings (SSSR count). The van der Waals surface area contributed by atoms with Crippen LogP contribution in [0.1, 0.15) is 12.5 Å². The molecule has 0 fully saturated rings. The van der Waals surface area contributed by atoms with Gasteiger partial charge in [0.2, 0.25) is 0 Å². The Labute approximate surface area is 177 Å². The summed E-state index contributed by atoms with van der Waals surface area (Å²) >= 11 is 9.57. The highest BCUT2D eigenvalue weighted by Gasteiger charge is 2.19. The Morgan fingerprint density at radius 1 is 1.31 bits per heavy atom. The van der Waals surface area contributed by atoms with Gasteiger partial charge in [0.05, 0.1) is 33.7 Å². The summed E-state index contributed by atoms with van der Waals surface area (Å²) < 4.78 is 11.3. The van der Waals surface area contributed by atoms with Crippen molar-refractivity contribution in [3.8, 4) is 5.75 Å². The van der Waals surface area contributed by atoms with Crippen LogP contribution in [0.4, 0.5) is 0 Å². The SMILES string of the molecule is COC(=O)[C@H](C)Oc1c(Cl)cc(C=Nn2c(=O)[nH]c3ccccc3c2=O)cc1Br. The maximum atomic E-state index is 12.5. The number of carbonyl (C=O) groups is 1. The number of H-pyrrole nitrogens is 1. The Kier molecular flexibility index (Phi) is 6.19. The second-order valence-corrected chi connectivity index (χ2v) is 7.20. The smallest absolute Gasteiger partial charge is 0.349 e. The summed E-state index contributed by atoms with van der Waals surface area (Å²) in [5, 5.41) is 4.52. The first-order valence-electron chi connectivity index (χ1n) is 8.33. The molecule has 0 saturated heterocycles. The van der Waals surface area contributed by atoms with Crippen molar-refractivity contribution in [2.45, 2.75) is 13.0 Å². The molecule has 0 saturated carbocycles. The molecule has 1 atom stereocenters. The summed E-state index contributed by atoms with van der Waals surface area (Å²) in [5.41, 5.74) is -0.278. The number of carbonyl (C=O) groups excluding carboxylic acids is 1. The number of aromatic amines is 1. The van der Waals surface area contributed by atoms with Crippen LogP contribution in [0.5, 0.6) is 5.75 Å². The molecule has 0 radical (unpaired) electrons. The first-order valence-corrected chi connectivity index (χ1v) is 9.51. The summed E-state index contributed by atoms with van der Waals surface area (Å²) in [4.78, 5) is 38.8. The van der Waals surface area contributed by atoms with Gasteiger partial charge in [-0.1, -0.05) is 23.7 Å². The number of nitrogens with zero attached hydrogens (tertiary/aromatic N) is 2. The minimum Gasteiger partial charge on any atom is -0.476 e. The predicted octanol–water partition coefficient (Wildman–Crippen LogP) is 2.93. The van der Waals surface area contributed by atoms with Gasteiger partial charge in [-0.15, -0.1) is 4.68 Å². The van der Waals surface area contributed by atoms with Crippen LogP contribution in [0, 0.1) is 0 Å². The molecule has 0 aliphatic rings. The molecular weight excluding hydrogens is 466 g/mol. The molecule has 8 nitrogen and oxygen atoms in total. The maximum absolute atomic E-state index is 12.5. The largest absolute Gasteiger partial charge is 0.476 e. The van der Waals surface area contributed by atoms with E-state index in [2.05, 4.69) is 30.8 Å². The lowest BCUT2D eigenvalue weighted by molar-refractivity contribution is -0.147. The molecule has 1 heterocycles. The van der Waals surface area contributed by atoms with Crippen LogP contribution < -0.4 is 16.0 Å². The zero-order valence-electron chi connectivity index (χ0n) is 15.3. The molecule has 1 aromatic heterocycles. The van der Waals surface area contributed by atoms with Crippen LogP contribution in [-0.2, 0) is 9.53 Å². The van der Waals surface area contributed by atoms with Crippen LogP contribution in [0.15, 0.2) is 55.6 Å². The van der Waals surface area contributed by atoms with Crippen molar-refractivity contribution in [2.24, 2.45) is 5.10 Å². The maximum Gasteiger partial charge on any atom is 0.349 e. The number of methoxy groups -OCH3 is 1. The van der Waals surface area contributed by atoms with Gasteiger partial charge in [-0.2, -0.15) is 5.10 Å². The fraction of sp³-hybridized carbons (Fsp3) is 0.158. The third-order valence-electron chi connectivity index (χ3n) is 3.95. The van der Waals surface area contributed by atoms with Gasteiger partial charge in [-0.25, -0.2) is 9.59 Å². The Morgan fingerprint density at radius 3 is 2.72 bits per heavy atom. The standard InChI is InChI=1S/C19H15BrClN3O5/c1-10(18(26)28-2)29-16-13(20)7-11(8-14(16)21)9-22-24-17(25)12-5-3-4-6-15(12)23-19(24)27/h3-10H,1-2H3,(H,23,27)/t10-/m0/s1. The van der Waals surface area contributed by atoms with Crippen LogP contribution in [0.25, 0.3) is 10.9 Å². The molecule has 2 aromatic carbocycles. The lowest BCUT2D eigenvalue weighted by atomic mass is 10.2. The van der Waals surface area contributed by atoms with E-state index in [-0.39, 0.29) is 10.8 Å². The van der Waals surface area contributed by atoms with E-state index in [1.54, 1.807) is 30.3 Å². The van der Waals surface area contributed by atoms with E-state index in [1.165, 1.54) is 26.3 Å². The molecule has 29 heavy (non-hydrogen) atoms. The van der Waals surface area contributed by atoms with Crippen molar-refractivity contribution < 1.29 is 14.3 Å². The second kappa shape index (κ2) is 8.62. The number of para-hydroxylation sites is 1. The normalized spacial score (nSPS) is 12.3. The van der Waals surface area contributed by atoms with Crippen molar-refractivity contribution in [1.29, 1.82) is 0 Å². The number of aromatic nitrogens is 2. The molecule has 3 aromatic rings. The fourth-order valence-electron chi connectivity index (χ4n) is 2.54. The molecule has 1 N–H and O–H groups in total. The number of nitrogens with one attached hydrogen (secondary N) is 1. The van der Waals surface area contributed by atoms with Gasteiger partial charge in [0.1, 0.15) is 0 Å². The Balaban J connectivity index is 1.94. The molecule has 0 amide bonds. The molecule has 10 heteroatoms. The number of benzene rings is 2. The minimum atomic E-state index is -0.858. The van der Waals surface area contributed by atoms with Gasteiger partial charge in [0, 0.05) is 0 Å². The van der Waals surface area contributed by atoms with E-state index in [1.807, 2.05) is 0 Å². The quantitative estimate of drug-likeness (QED) is 0.447. The van der Waals surface area contributed by atoms with Crippen LogP contribution in [-0.4, -0.2) is 35.1 Å².